The van der Waals surface area contributed by atoms with E-state index in [1.165, 1.54) is 4.90 Å². The van der Waals surface area contributed by atoms with E-state index in [2.05, 4.69) is 18.7 Å². The quantitative estimate of drug-likeness (QED) is 0.577. The molecule has 3 rings (SSSR count). The van der Waals surface area contributed by atoms with Crippen molar-refractivity contribution in [3.8, 4) is 5.75 Å². The van der Waals surface area contributed by atoms with Gasteiger partial charge in [-0.2, -0.15) is 0 Å². The van der Waals surface area contributed by atoms with Gasteiger partial charge in [-0.25, -0.2) is 0 Å². The smallest absolute Gasteiger partial charge is 0.277 e. The van der Waals surface area contributed by atoms with Gasteiger partial charge >= 0.3 is 0 Å². The van der Waals surface area contributed by atoms with Gasteiger partial charge in [0.25, 0.3) is 11.8 Å². The summed E-state index contributed by atoms with van der Waals surface area (Å²) >= 11 is 0. The molecular formula is C24H34N2O4. The number of hydrogen-bond donors (Lipinski definition) is 0. The number of piperidine rings is 1. The molecule has 164 valence electrons. The zero-order valence-electron chi connectivity index (χ0n) is 18.6. The molecule has 0 bridgehead atoms. The van der Waals surface area contributed by atoms with Crippen LogP contribution in [0.5, 0.6) is 5.75 Å². The molecule has 2 heterocycles. The van der Waals surface area contributed by atoms with Crippen molar-refractivity contribution in [3.05, 3.63) is 35.5 Å². The molecular weight excluding hydrogens is 380 g/mol. The first-order chi connectivity index (χ1) is 14.4. The van der Waals surface area contributed by atoms with Gasteiger partial charge in [0.05, 0.1) is 31.4 Å². The van der Waals surface area contributed by atoms with Crippen LogP contribution in [0, 0.1) is 5.92 Å². The molecule has 30 heavy (non-hydrogen) atoms. The van der Waals surface area contributed by atoms with Crippen molar-refractivity contribution < 1.29 is 19.1 Å². The maximum atomic E-state index is 13.3. The lowest BCUT2D eigenvalue weighted by atomic mass is 10.0. The highest BCUT2D eigenvalue weighted by Gasteiger charge is 2.41. The fourth-order valence-electron chi connectivity index (χ4n) is 3.80. The zero-order chi connectivity index (χ0) is 21.7. The van der Waals surface area contributed by atoms with Gasteiger partial charge in [-0.3, -0.25) is 14.5 Å². The molecule has 0 spiro atoms. The standard InChI is InChI=1S/C24H34N2O4/c1-17(2)16-30-20-10-8-19(9-11-20)21-22(25-12-6-5-7-13-25)24(28)26(23(21)27)14-15-29-18(3)4/h8-11,17-18H,5-7,12-16H2,1-4H3. The number of rotatable bonds is 9. The predicted molar refractivity (Wildman–Crippen MR) is 117 cm³/mol. The molecule has 0 atom stereocenters. The third-order valence-corrected chi connectivity index (χ3v) is 5.31. The van der Waals surface area contributed by atoms with E-state index in [-0.39, 0.29) is 24.5 Å². The lowest BCUT2D eigenvalue weighted by Crippen LogP contribution is -2.39. The number of likely N-dealkylation sites (tertiary alicyclic amines) is 1. The van der Waals surface area contributed by atoms with Crippen LogP contribution < -0.4 is 4.74 Å². The van der Waals surface area contributed by atoms with Gasteiger partial charge < -0.3 is 14.4 Å². The van der Waals surface area contributed by atoms with Crippen molar-refractivity contribution in [2.75, 3.05) is 32.8 Å². The Morgan fingerprint density at radius 3 is 2.20 bits per heavy atom. The van der Waals surface area contributed by atoms with Gasteiger partial charge in [0.1, 0.15) is 11.4 Å². The number of ether oxygens (including phenoxy) is 2. The second-order valence-corrected chi connectivity index (χ2v) is 8.68. The van der Waals surface area contributed by atoms with Crippen LogP contribution in [-0.2, 0) is 14.3 Å². The van der Waals surface area contributed by atoms with E-state index in [9.17, 15) is 9.59 Å². The summed E-state index contributed by atoms with van der Waals surface area (Å²) in [6.07, 6.45) is 3.30. The molecule has 1 aromatic rings. The zero-order valence-corrected chi connectivity index (χ0v) is 18.6. The minimum absolute atomic E-state index is 0.0604. The molecule has 0 aromatic heterocycles. The average Bonchev–Trinajstić information content (AvgIpc) is 2.97. The Balaban J connectivity index is 1.86. The predicted octanol–water partition coefficient (Wildman–Crippen LogP) is 3.71. The Kier molecular flexibility index (Phi) is 7.53. The van der Waals surface area contributed by atoms with E-state index in [1.54, 1.807) is 0 Å². The lowest BCUT2D eigenvalue weighted by Gasteiger charge is -2.29. The van der Waals surface area contributed by atoms with Crippen molar-refractivity contribution in [1.29, 1.82) is 0 Å². The molecule has 1 aromatic carbocycles. The summed E-state index contributed by atoms with van der Waals surface area (Å²) in [6.45, 7) is 11.0. The fourth-order valence-corrected chi connectivity index (χ4v) is 3.80. The molecule has 0 saturated carbocycles. The van der Waals surface area contributed by atoms with Crippen LogP contribution in [0.2, 0.25) is 0 Å². The Labute approximate surface area is 179 Å². The number of imide groups is 1. The Bertz CT molecular complexity index is 777. The van der Waals surface area contributed by atoms with Crippen LogP contribution in [0.15, 0.2) is 30.0 Å². The molecule has 0 N–H and O–H groups in total. The maximum Gasteiger partial charge on any atom is 0.277 e. The summed E-state index contributed by atoms with van der Waals surface area (Å²) in [5.41, 5.74) is 1.81. The van der Waals surface area contributed by atoms with E-state index in [4.69, 9.17) is 9.47 Å². The lowest BCUT2D eigenvalue weighted by molar-refractivity contribution is -0.138. The fraction of sp³-hybridized carbons (Fsp3) is 0.583. The number of carbonyl (C=O) groups excluding carboxylic acids is 2. The largest absolute Gasteiger partial charge is 0.493 e. The van der Waals surface area contributed by atoms with Gasteiger partial charge in [-0.05, 0) is 56.7 Å². The van der Waals surface area contributed by atoms with Gasteiger partial charge in [-0.1, -0.05) is 26.0 Å². The highest BCUT2D eigenvalue weighted by molar-refractivity contribution is 6.35. The first kappa shape index (κ1) is 22.3. The van der Waals surface area contributed by atoms with E-state index in [1.807, 2.05) is 38.1 Å². The van der Waals surface area contributed by atoms with Crippen LogP contribution >= 0.6 is 0 Å². The van der Waals surface area contributed by atoms with Crippen LogP contribution in [0.25, 0.3) is 5.57 Å². The molecule has 0 radical (unpaired) electrons. The summed E-state index contributed by atoms with van der Waals surface area (Å²) in [6, 6.07) is 7.52. The molecule has 1 saturated heterocycles. The van der Waals surface area contributed by atoms with Crippen LogP contribution in [0.3, 0.4) is 0 Å². The second kappa shape index (κ2) is 10.1. The number of hydrogen-bond acceptors (Lipinski definition) is 5. The summed E-state index contributed by atoms with van der Waals surface area (Å²) < 4.78 is 11.4. The van der Waals surface area contributed by atoms with Gasteiger partial charge in [0, 0.05) is 13.1 Å². The van der Waals surface area contributed by atoms with Crippen molar-refractivity contribution >= 4 is 17.4 Å². The highest BCUT2D eigenvalue weighted by Crippen LogP contribution is 2.33. The van der Waals surface area contributed by atoms with Gasteiger partial charge in [0.2, 0.25) is 0 Å². The normalized spacial score (nSPS) is 17.7. The molecule has 2 aliphatic rings. The van der Waals surface area contributed by atoms with Crippen LogP contribution in [0.1, 0.15) is 52.5 Å². The third kappa shape index (κ3) is 5.22. The summed E-state index contributed by atoms with van der Waals surface area (Å²) in [7, 11) is 0. The van der Waals surface area contributed by atoms with Crippen molar-refractivity contribution in [1.82, 2.24) is 9.80 Å². The number of nitrogens with zero attached hydrogens (tertiary/aromatic N) is 2. The van der Waals surface area contributed by atoms with Crippen molar-refractivity contribution in [2.45, 2.75) is 53.1 Å². The molecule has 6 heteroatoms. The Morgan fingerprint density at radius 2 is 1.60 bits per heavy atom. The monoisotopic (exact) mass is 414 g/mol. The van der Waals surface area contributed by atoms with E-state index in [0.717, 1.165) is 43.7 Å². The molecule has 0 unspecified atom stereocenters. The van der Waals surface area contributed by atoms with E-state index >= 15 is 0 Å². The molecule has 0 aliphatic carbocycles. The van der Waals surface area contributed by atoms with Gasteiger partial charge in [0.15, 0.2) is 0 Å². The van der Waals surface area contributed by atoms with Crippen molar-refractivity contribution in [2.24, 2.45) is 5.92 Å². The molecule has 6 nitrogen and oxygen atoms in total. The second-order valence-electron chi connectivity index (χ2n) is 8.68. The minimum atomic E-state index is -0.233. The first-order valence-electron chi connectivity index (χ1n) is 11.1. The first-order valence-corrected chi connectivity index (χ1v) is 11.1. The van der Waals surface area contributed by atoms with E-state index in [0.29, 0.717) is 30.4 Å². The molecule has 2 amide bonds. The highest BCUT2D eigenvalue weighted by atomic mass is 16.5. The van der Waals surface area contributed by atoms with E-state index < -0.39 is 0 Å². The number of benzene rings is 1. The molecule has 1 fully saturated rings. The Hall–Kier alpha value is -2.34. The number of carbonyl (C=O) groups is 2. The van der Waals surface area contributed by atoms with Crippen molar-refractivity contribution in [3.63, 3.8) is 0 Å². The van der Waals surface area contributed by atoms with Crippen LogP contribution in [0.4, 0.5) is 0 Å². The average molecular weight is 415 g/mol. The van der Waals surface area contributed by atoms with Gasteiger partial charge in [-0.15, -0.1) is 0 Å². The van der Waals surface area contributed by atoms with Crippen LogP contribution in [-0.4, -0.2) is 60.6 Å². The summed E-state index contributed by atoms with van der Waals surface area (Å²) in [5, 5.41) is 0. The minimum Gasteiger partial charge on any atom is -0.493 e. The third-order valence-electron chi connectivity index (χ3n) is 5.31. The molecule has 2 aliphatic heterocycles. The summed E-state index contributed by atoms with van der Waals surface area (Å²) in [4.78, 5) is 30.0. The topological polar surface area (TPSA) is 59.1 Å². The maximum absolute atomic E-state index is 13.3. The Morgan fingerprint density at radius 1 is 0.933 bits per heavy atom. The summed E-state index contributed by atoms with van der Waals surface area (Å²) in [5.74, 6) is 0.772. The SMILES string of the molecule is CC(C)COc1ccc(C2=C(N3CCCCC3)C(=O)N(CCOC(C)C)C2=O)cc1. The number of amides is 2.